The second kappa shape index (κ2) is 3.71. The largest absolute Gasteiger partial charge is 0.480 e. The molecule has 4 nitrogen and oxygen atoms in total. The van der Waals surface area contributed by atoms with Crippen molar-refractivity contribution in [2.24, 2.45) is 0 Å². The molecule has 68 valence electrons. The molecule has 0 radical (unpaired) electrons. The normalized spacial score (nSPS) is 9.31. The summed E-state index contributed by atoms with van der Waals surface area (Å²) in [6, 6.07) is 1.57. The number of ether oxygens (including phenoxy) is 1. The van der Waals surface area contributed by atoms with Gasteiger partial charge < -0.3 is 9.84 Å². The molecule has 0 atom stereocenters. The number of rotatable bonds is 3. The summed E-state index contributed by atoms with van der Waals surface area (Å²) in [5.41, 5.74) is 0.541. The molecule has 1 aromatic rings. The highest BCUT2D eigenvalue weighted by Gasteiger charge is 2.15. The fourth-order valence-electron chi connectivity index (χ4n) is 0.996. The first-order valence-corrected chi connectivity index (χ1v) is 3.59. The number of aromatic nitrogens is 1. The smallest absolute Gasteiger partial charge is 0.341 e. The number of methoxy groups -OCH3 is 1. The van der Waals surface area contributed by atoms with Gasteiger partial charge in [0.2, 0.25) is 5.88 Å². The third-order valence-corrected chi connectivity index (χ3v) is 1.58. The number of hydrogen-bond donors (Lipinski definition) is 1. The van der Waals surface area contributed by atoms with Crippen LogP contribution in [-0.2, 0) is 0 Å². The van der Waals surface area contributed by atoms with E-state index in [1.165, 1.54) is 19.4 Å². The summed E-state index contributed by atoms with van der Waals surface area (Å²) in [5.74, 6) is -0.968. The van der Waals surface area contributed by atoms with E-state index in [1.54, 1.807) is 6.07 Å². The van der Waals surface area contributed by atoms with E-state index in [0.717, 1.165) is 0 Å². The van der Waals surface area contributed by atoms with Gasteiger partial charge in [0.15, 0.2) is 0 Å². The van der Waals surface area contributed by atoms with Crippen LogP contribution in [0, 0.1) is 0 Å². The second-order valence-electron chi connectivity index (χ2n) is 2.29. The van der Waals surface area contributed by atoms with Crippen molar-refractivity contribution in [3.8, 4) is 5.88 Å². The van der Waals surface area contributed by atoms with Crippen LogP contribution in [0.3, 0.4) is 0 Å². The van der Waals surface area contributed by atoms with Crippen LogP contribution in [0.2, 0.25) is 0 Å². The van der Waals surface area contributed by atoms with E-state index >= 15 is 0 Å². The highest BCUT2D eigenvalue weighted by Crippen LogP contribution is 2.19. The van der Waals surface area contributed by atoms with Gasteiger partial charge in [0, 0.05) is 6.20 Å². The number of hydrogen-bond acceptors (Lipinski definition) is 3. The summed E-state index contributed by atoms with van der Waals surface area (Å²) in [6.45, 7) is 3.50. The zero-order valence-corrected chi connectivity index (χ0v) is 7.15. The summed E-state index contributed by atoms with van der Waals surface area (Å²) in [7, 11) is 1.38. The van der Waals surface area contributed by atoms with E-state index in [2.05, 4.69) is 11.6 Å². The van der Waals surface area contributed by atoms with Crippen LogP contribution in [0.25, 0.3) is 6.08 Å². The molecule has 0 saturated carbocycles. The maximum absolute atomic E-state index is 10.8. The Hall–Kier alpha value is -1.84. The van der Waals surface area contributed by atoms with Crippen molar-refractivity contribution in [1.29, 1.82) is 0 Å². The Kier molecular flexibility index (Phi) is 2.64. The molecule has 1 N–H and O–H groups in total. The van der Waals surface area contributed by atoms with Gasteiger partial charge in [-0.05, 0) is 11.6 Å². The monoisotopic (exact) mass is 179 g/mol. The molecule has 1 rings (SSSR count). The van der Waals surface area contributed by atoms with E-state index in [1.807, 2.05) is 0 Å². The van der Waals surface area contributed by atoms with Crippen LogP contribution in [0.5, 0.6) is 5.88 Å². The molecule has 0 bridgehead atoms. The van der Waals surface area contributed by atoms with Crippen LogP contribution < -0.4 is 4.74 Å². The molecule has 0 aliphatic heterocycles. The predicted octanol–water partition coefficient (Wildman–Crippen LogP) is 1.43. The van der Waals surface area contributed by atoms with E-state index in [4.69, 9.17) is 9.84 Å². The molecule has 0 aliphatic carbocycles. The maximum atomic E-state index is 10.8. The molecule has 1 aromatic heterocycles. The van der Waals surface area contributed by atoms with E-state index < -0.39 is 5.97 Å². The van der Waals surface area contributed by atoms with Crippen molar-refractivity contribution in [3.63, 3.8) is 0 Å². The number of nitrogens with zero attached hydrogens (tertiary/aromatic N) is 1. The zero-order valence-electron chi connectivity index (χ0n) is 7.15. The van der Waals surface area contributed by atoms with Crippen LogP contribution in [0.15, 0.2) is 18.8 Å². The van der Waals surface area contributed by atoms with Gasteiger partial charge in [-0.3, -0.25) is 0 Å². The number of carboxylic acid groups (broad SMARTS) is 1. The Bertz CT molecular complexity index is 347. The van der Waals surface area contributed by atoms with E-state index in [9.17, 15) is 4.79 Å². The van der Waals surface area contributed by atoms with Crippen molar-refractivity contribution in [2.45, 2.75) is 0 Å². The molecule has 0 aromatic carbocycles. The number of pyridine rings is 1. The minimum Gasteiger partial charge on any atom is -0.480 e. The lowest BCUT2D eigenvalue weighted by Crippen LogP contribution is -2.04. The quantitative estimate of drug-likeness (QED) is 0.762. The summed E-state index contributed by atoms with van der Waals surface area (Å²) in [6.07, 6.45) is 2.93. The molecule has 0 unspecified atom stereocenters. The van der Waals surface area contributed by atoms with Gasteiger partial charge in [0.05, 0.1) is 7.11 Å². The molecule has 0 fully saturated rings. The third kappa shape index (κ3) is 1.66. The van der Waals surface area contributed by atoms with E-state index in [-0.39, 0.29) is 11.4 Å². The van der Waals surface area contributed by atoms with Gasteiger partial charge in [-0.25, -0.2) is 9.78 Å². The molecular weight excluding hydrogens is 170 g/mol. The van der Waals surface area contributed by atoms with Crippen molar-refractivity contribution in [1.82, 2.24) is 4.98 Å². The Morgan fingerprint density at radius 1 is 1.77 bits per heavy atom. The molecule has 0 amide bonds. The lowest BCUT2D eigenvalue weighted by atomic mass is 10.1. The Morgan fingerprint density at radius 2 is 2.46 bits per heavy atom. The first kappa shape index (κ1) is 9.25. The summed E-state index contributed by atoms with van der Waals surface area (Å²) in [5, 5.41) is 8.84. The standard InChI is InChI=1S/C9H9NO3/c1-3-6-4-5-10-8(13-2)7(6)9(11)12/h3-5H,1H2,2H3,(H,11,12). The predicted molar refractivity (Wildman–Crippen MR) is 47.8 cm³/mol. The lowest BCUT2D eigenvalue weighted by Gasteiger charge is -2.05. The van der Waals surface area contributed by atoms with Crippen molar-refractivity contribution >= 4 is 12.0 Å². The molecular formula is C9H9NO3. The topological polar surface area (TPSA) is 59.4 Å². The fourth-order valence-corrected chi connectivity index (χ4v) is 0.996. The van der Waals surface area contributed by atoms with Gasteiger partial charge in [-0.2, -0.15) is 0 Å². The Morgan fingerprint density at radius 3 is 2.92 bits per heavy atom. The van der Waals surface area contributed by atoms with Crippen LogP contribution in [-0.4, -0.2) is 23.2 Å². The van der Waals surface area contributed by atoms with Gasteiger partial charge in [-0.1, -0.05) is 12.7 Å². The molecule has 0 spiro atoms. The first-order chi connectivity index (χ1) is 6.20. The number of aromatic carboxylic acids is 1. The molecule has 0 aliphatic rings. The summed E-state index contributed by atoms with van der Waals surface area (Å²) >= 11 is 0. The molecule has 13 heavy (non-hydrogen) atoms. The van der Waals surface area contributed by atoms with Crippen molar-refractivity contribution in [2.75, 3.05) is 7.11 Å². The zero-order chi connectivity index (χ0) is 9.84. The van der Waals surface area contributed by atoms with Gasteiger partial charge in [0.25, 0.3) is 0 Å². The average Bonchev–Trinajstić information content (AvgIpc) is 2.16. The Labute approximate surface area is 75.5 Å². The molecule has 1 heterocycles. The van der Waals surface area contributed by atoms with Gasteiger partial charge in [0.1, 0.15) is 5.56 Å². The van der Waals surface area contributed by atoms with Crippen LogP contribution in [0.1, 0.15) is 15.9 Å². The lowest BCUT2D eigenvalue weighted by molar-refractivity contribution is 0.0692. The highest BCUT2D eigenvalue weighted by atomic mass is 16.5. The Balaban J connectivity index is 3.38. The molecule has 0 saturated heterocycles. The first-order valence-electron chi connectivity index (χ1n) is 3.59. The van der Waals surface area contributed by atoms with Crippen LogP contribution in [0.4, 0.5) is 0 Å². The van der Waals surface area contributed by atoms with Crippen LogP contribution >= 0.6 is 0 Å². The number of carbonyl (C=O) groups is 1. The SMILES string of the molecule is C=Cc1ccnc(OC)c1C(=O)O. The minimum absolute atomic E-state index is 0.0417. The average molecular weight is 179 g/mol. The third-order valence-electron chi connectivity index (χ3n) is 1.58. The van der Waals surface area contributed by atoms with Crippen molar-refractivity contribution < 1.29 is 14.6 Å². The van der Waals surface area contributed by atoms with Gasteiger partial charge in [-0.15, -0.1) is 0 Å². The summed E-state index contributed by atoms with van der Waals surface area (Å²) in [4.78, 5) is 14.6. The fraction of sp³-hybridized carbons (Fsp3) is 0.111. The summed E-state index contributed by atoms with van der Waals surface area (Å²) < 4.78 is 4.81. The maximum Gasteiger partial charge on any atom is 0.341 e. The van der Waals surface area contributed by atoms with Crippen molar-refractivity contribution in [3.05, 3.63) is 30.0 Å². The van der Waals surface area contributed by atoms with E-state index in [0.29, 0.717) is 5.56 Å². The molecule has 4 heteroatoms. The highest BCUT2D eigenvalue weighted by molar-refractivity contribution is 5.94. The minimum atomic E-state index is -1.07. The second-order valence-corrected chi connectivity index (χ2v) is 2.29. The number of carboxylic acids is 1. The van der Waals surface area contributed by atoms with Gasteiger partial charge >= 0.3 is 5.97 Å².